The Bertz CT molecular complexity index is 1040. The van der Waals surface area contributed by atoms with Crippen LogP contribution < -0.4 is 5.32 Å². The fourth-order valence-corrected chi connectivity index (χ4v) is 3.77. The summed E-state index contributed by atoms with van der Waals surface area (Å²) in [5.41, 5.74) is 3.14. The monoisotopic (exact) mass is 388 g/mol. The van der Waals surface area contributed by atoms with Gasteiger partial charge in [-0.1, -0.05) is 36.4 Å². The minimum Gasteiger partial charge on any atom is -0.345 e. The summed E-state index contributed by atoms with van der Waals surface area (Å²) in [4.78, 5) is 18.3. The van der Waals surface area contributed by atoms with Crippen LogP contribution in [0.1, 0.15) is 33.8 Å². The molecule has 6 heteroatoms. The van der Waals surface area contributed by atoms with Crippen molar-refractivity contribution in [3.63, 3.8) is 0 Å². The Labute approximate surface area is 167 Å². The van der Waals surface area contributed by atoms with Crippen LogP contribution in [0.25, 0.3) is 11.3 Å². The Morgan fingerprint density at radius 2 is 2.00 bits per heavy atom. The molecule has 1 amide bonds. The standard InChI is InChI=1S/C22H20N4OS/c1-16(20-10-6-12-28-20)24-22(27)19-15-26(14-17-7-3-2-4-8-17)25-21(19)18-9-5-11-23-13-18/h2-13,15-16H,14H2,1H3,(H,24,27)/t16-/m0/s1. The van der Waals surface area contributed by atoms with Gasteiger partial charge in [-0.3, -0.25) is 14.5 Å². The first-order valence-electron chi connectivity index (χ1n) is 9.07. The minimum atomic E-state index is -0.140. The third-order valence-electron chi connectivity index (χ3n) is 4.45. The first kappa shape index (κ1) is 18.1. The third kappa shape index (κ3) is 4.02. The van der Waals surface area contributed by atoms with Crippen LogP contribution in [0.4, 0.5) is 0 Å². The van der Waals surface area contributed by atoms with Gasteiger partial charge in [0, 0.05) is 29.0 Å². The number of thiophene rings is 1. The zero-order valence-corrected chi connectivity index (χ0v) is 16.3. The van der Waals surface area contributed by atoms with Crippen LogP contribution in [0.15, 0.2) is 78.6 Å². The van der Waals surface area contributed by atoms with Gasteiger partial charge in [-0.15, -0.1) is 11.3 Å². The van der Waals surface area contributed by atoms with E-state index in [9.17, 15) is 4.79 Å². The molecular weight excluding hydrogens is 368 g/mol. The van der Waals surface area contributed by atoms with Gasteiger partial charge in [-0.2, -0.15) is 5.10 Å². The van der Waals surface area contributed by atoms with Crippen LogP contribution >= 0.6 is 11.3 Å². The van der Waals surface area contributed by atoms with Crippen molar-refractivity contribution in [3.05, 3.63) is 94.6 Å². The SMILES string of the molecule is C[C@H](NC(=O)c1cn(Cc2ccccc2)nc1-c1cccnc1)c1cccs1. The second kappa shape index (κ2) is 8.19. The molecule has 0 aliphatic heterocycles. The molecule has 0 saturated heterocycles. The molecule has 1 N–H and O–H groups in total. The molecule has 0 fully saturated rings. The van der Waals surface area contributed by atoms with E-state index < -0.39 is 0 Å². The normalized spacial score (nSPS) is 11.9. The first-order chi connectivity index (χ1) is 13.7. The number of carbonyl (C=O) groups excluding carboxylic acids is 1. The molecule has 0 spiro atoms. The predicted octanol–water partition coefficient (Wildman–Crippen LogP) is 4.55. The molecule has 0 aliphatic carbocycles. The average Bonchev–Trinajstić information content (AvgIpc) is 3.40. The summed E-state index contributed by atoms with van der Waals surface area (Å²) in [6.07, 6.45) is 5.25. The van der Waals surface area contributed by atoms with E-state index in [4.69, 9.17) is 0 Å². The lowest BCUT2D eigenvalue weighted by molar-refractivity contribution is 0.0941. The van der Waals surface area contributed by atoms with Crippen molar-refractivity contribution in [2.45, 2.75) is 19.5 Å². The predicted molar refractivity (Wildman–Crippen MR) is 111 cm³/mol. The van der Waals surface area contributed by atoms with Gasteiger partial charge in [0.2, 0.25) is 0 Å². The Hall–Kier alpha value is -3.25. The molecule has 3 heterocycles. The molecule has 0 aliphatic rings. The van der Waals surface area contributed by atoms with E-state index >= 15 is 0 Å². The van der Waals surface area contributed by atoms with Crippen LogP contribution in [0.5, 0.6) is 0 Å². The van der Waals surface area contributed by atoms with Gasteiger partial charge in [0.1, 0.15) is 5.69 Å². The average molecular weight is 388 g/mol. The second-order valence-electron chi connectivity index (χ2n) is 6.53. The van der Waals surface area contributed by atoms with E-state index in [2.05, 4.69) is 15.4 Å². The maximum atomic E-state index is 13.0. The topological polar surface area (TPSA) is 59.8 Å². The van der Waals surface area contributed by atoms with E-state index in [-0.39, 0.29) is 11.9 Å². The van der Waals surface area contributed by atoms with Crippen LogP contribution in [0, 0.1) is 0 Å². The molecule has 1 aromatic carbocycles. The van der Waals surface area contributed by atoms with E-state index in [1.807, 2.05) is 77.8 Å². The highest BCUT2D eigenvalue weighted by atomic mass is 32.1. The van der Waals surface area contributed by atoms with Gasteiger partial charge >= 0.3 is 0 Å². The van der Waals surface area contributed by atoms with Crippen LogP contribution in [-0.4, -0.2) is 20.7 Å². The lowest BCUT2D eigenvalue weighted by Gasteiger charge is -2.12. The van der Waals surface area contributed by atoms with Gasteiger partial charge in [0.05, 0.1) is 18.2 Å². The van der Waals surface area contributed by atoms with Crippen molar-refractivity contribution in [2.24, 2.45) is 0 Å². The highest BCUT2D eigenvalue weighted by molar-refractivity contribution is 7.10. The van der Waals surface area contributed by atoms with Crippen molar-refractivity contribution in [3.8, 4) is 11.3 Å². The van der Waals surface area contributed by atoms with Crippen molar-refractivity contribution in [1.29, 1.82) is 0 Å². The molecule has 140 valence electrons. The van der Waals surface area contributed by atoms with Gasteiger partial charge in [0.25, 0.3) is 5.91 Å². The number of hydrogen-bond acceptors (Lipinski definition) is 4. The fraction of sp³-hybridized carbons (Fsp3) is 0.136. The highest BCUT2D eigenvalue weighted by Crippen LogP contribution is 2.24. The first-order valence-corrected chi connectivity index (χ1v) is 9.95. The molecule has 1 atom stereocenters. The van der Waals surface area contributed by atoms with Crippen molar-refractivity contribution < 1.29 is 4.79 Å². The zero-order chi connectivity index (χ0) is 19.3. The number of carbonyl (C=O) groups is 1. The number of nitrogens with one attached hydrogen (secondary N) is 1. The van der Waals surface area contributed by atoms with Crippen molar-refractivity contribution >= 4 is 17.2 Å². The summed E-state index contributed by atoms with van der Waals surface area (Å²) in [7, 11) is 0. The minimum absolute atomic E-state index is 0.0632. The number of nitrogens with zero attached hydrogens (tertiary/aromatic N) is 3. The lowest BCUT2D eigenvalue weighted by atomic mass is 10.1. The van der Waals surface area contributed by atoms with Crippen molar-refractivity contribution in [1.82, 2.24) is 20.1 Å². The molecule has 0 saturated carbocycles. The van der Waals surface area contributed by atoms with Gasteiger partial charge < -0.3 is 5.32 Å². The Balaban J connectivity index is 1.65. The molecule has 4 rings (SSSR count). The van der Waals surface area contributed by atoms with Crippen LogP contribution in [-0.2, 0) is 6.54 Å². The van der Waals surface area contributed by atoms with E-state index in [1.54, 1.807) is 23.7 Å². The number of benzene rings is 1. The molecule has 0 bridgehead atoms. The Kier molecular flexibility index (Phi) is 5.30. The molecule has 5 nitrogen and oxygen atoms in total. The third-order valence-corrected chi connectivity index (χ3v) is 5.50. The van der Waals surface area contributed by atoms with Gasteiger partial charge in [0.15, 0.2) is 0 Å². The summed E-state index contributed by atoms with van der Waals surface area (Å²) in [5.74, 6) is -0.140. The molecule has 0 unspecified atom stereocenters. The molecule has 0 radical (unpaired) electrons. The van der Waals surface area contributed by atoms with Crippen LogP contribution in [0.3, 0.4) is 0 Å². The Morgan fingerprint density at radius 3 is 2.71 bits per heavy atom. The number of rotatable bonds is 6. The summed E-state index contributed by atoms with van der Waals surface area (Å²) in [6, 6.07) is 17.8. The smallest absolute Gasteiger partial charge is 0.255 e. The van der Waals surface area contributed by atoms with Gasteiger partial charge in [-0.25, -0.2) is 0 Å². The number of amides is 1. The van der Waals surface area contributed by atoms with E-state index in [1.165, 1.54) is 0 Å². The molecule has 28 heavy (non-hydrogen) atoms. The van der Waals surface area contributed by atoms with Gasteiger partial charge in [-0.05, 0) is 36.1 Å². The zero-order valence-electron chi connectivity index (χ0n) is 15.4. The largest absolute Gasteiger partial charge is 0.345 e. The Morgan fingerprint density at radius 1 is 1.14 bits per heavy atom. The highest BCUT2D eigenvalue weighted by Gasteiger charge is 2.20. The van der Waals surface area contributed by atoms with E-state index in [0.717, 1.165) is 16.0 Å². The van der Waals surface area contributed by atoms with Crippen molar-refractivity contribution in [2.75, 3.05) is 0 Å². The maximum absolute atomic E-state index is 13.0. The summed E-state index contributed by atoms with van der Waals surface area (Å²) >= 11 is 1.63. The molecule has 4 aromatic rings. The van der Waals surface area contributed by atoms with Crippen LogP contribution in [0.2, 0.25) is 0 Å². The lowest BCUT2D eigenvalue weighted by Crippen LogP contribution is -2.26. The summed E-state index contributed by atoms with van der Waals surface area (Å²) in [5, 5.41) is 9.78. The maximum Gasteiger partial charge on any atom is 0.255 e. The molecule has 3 aromatic heterocycles. The number of hydrogen-bond donors (Lipinski definition) is 1. The summed E-state index contributed by atoms with van der Waals surface area (Å²) in [6.45, 7) is 2.59. The fourth-order valence-electron chi connectivity index (χ4n) is 3.04. The molecular formula is C22H20N4OS. The quantitative estimate of drug-likeness (QED) is 0.527. The summed E-state index contributed by atoms with van der Waals surface area (Å²) < 4.78 is 1.81. The number of pyridine rings is 1. The second-order valence-corrected chi connectivity index (χ2v) is 7.51. The number of aromatic nitrogens is 3. The van der Waals surface area contributed by atoms with E-state index in [0.29, 0.717) is 17.8 Å².